The SMILES string of the molecule is CCOC(=O)c1cnc2c(O)c(CN(C)C)ccn2c1=O. The maximum Gasteiger partial charge on any atom is 0.345 e. The van der Waals surface area contributed by atoms with Crippen molar-refractivity contribution in [2.24, 2.45) is 0 Å². The van der Waals surface area contributed by atoms with Crippen LogP contribution in [0, 0.1) is 0 Å². The summed E-state index contributed by atoms with van der Waals surface area (Å²) in [5, 5.41) is 10.2. The van der Waals surface area contributed by atoms with Crippen LogP contribution in [0.3, 0.4) is 0 Å². The zero-order valence-electron chi connectivity index (χ0n) is 12.2. The third-order valence-electron chi connectivity index (χ3n) is 2.92. The van der Waals surface area contributed by atoms with Crippen molar-refractivity contribution in [3.8, 4) is 5.75 Å². The third-order valence-corrected chi connectivity index (χ3v) is 2.92. The van der Waals surface area contributed by atoms with Crippen LogP contribution in [0.15, 0.2) is 23.3 Å². The van der Waals surface area contributed by atoms with Gasteiger partial charge < -0.3 is 14.7 Å². The number of ether oxygens (including phenoxy) is 1. The molecule has 2 aromatic heterocycles. The van der Waals surface area contributed by atoms with Gasteiger partial charge >= 0.3 is 5.97 Å². The minimum absolute atomic E-state index is 0.0706. The molecule has 0 spiro atoms. The first-order valence-electron chi connectivity index (χ1n) is 6.49. The van der Waals surface area contributed by atoms with E-state index in [1.807, 2.05) is 19.0 Å². The molecule has 0 amide bonds. The molecule has 0 unspecified atom stereocenters. The van der Waals surface area contributed by atoms with Crippen LogP contribution in [0.5, 0.6) is 5.75 Å². The van der Waals surface area contributed by atoms with E-state index in [-0.39, 0.29) is 23.6 Å². The lowest BCUT2D eigenvalue weighted by Crippen LogP contribution is -2.24. The van der Waals surface area contributed by atoms with E-state index >= 15 is 0 Å². The van der Waals surface area contributed by atoms with E-state index in [1.54, 1.807) is 13.0 Å². The summed E-state index contributed by atoms with van der Waals surface area (Å²) in [6, 6.07) is 1.63. The Labute approximate surface area is 121 Å². The number of hydrogen-bond acceptors (Lipinski definition) is 6. The molecular formula is C14H17N3O4. The second-order valence-corrected chi connectivity index (χ2v) is 4.82. The molecule has 112 valence electrons. The summed E-state index contributed by atoms with van der Waals surface area (Å²) in [6.45, 7) is 2.34. The quantitative estimate of drug-likeness (QED) is 0.832. The summed E-state index contributed by atoms with van der Waals surface area (Å²) >= 11 is 0. The smallest absolute Gasteiger partial charge is 0.345 e. The summed E-state index contributed by atoms with van der Waals surface area (Å²) in [5.41, 5.74) is 0.0439. The van der Waals surface area contributed by atoms with Gasteiger partial charge in [0.1, 0.15) is 5.56 Å². The lowest BCUT2D eigenvalue weighted by molar-refractivity contribution is 0.0523. The van der Waals surface area contributed by atoms with Crippen LogP contribution >= 0.6 is 0 Å². The van der Waals surface area contributed by atoms with Gasteiger partial charge in [0.05, 0.1) is 6.61 Å². The van der Waals surface area contributed by atoms with Gasteiger partial charge in [-0.25, -0.2) is 9.78 Å². The Hall–Kier alpha value is -2.41. The van der Waals surface area contributed by atoms with Crippen LogP contribution in [0.4, 0.5) is 0 Å². The zero-order chi connectivity index (χ0) is 15.6. The molecule has 1 N–H and O–H groups in total. The second-order valence-electron chi connectivity index (χ2n) is 4.82. The highest BCUT2D eigenvalue weighted by Crippen LogP contribution is 2.21. The molecule has 21 heavy (non-hydrogen) atoms. The third kappa shape index (κ3) is 2.87. The molecule has 7 nitrogen and oxygen atoms in total. The molecule has 0 fully saturated rings. The molecule has 0 aliphatic heterocycles. The molecular weight excluding hydrogens is 274 g/mol. The van der Waals surface area contributed by atoms with Gasteiger partial charge in [0.15, 0.2) is 11.4 Å². The summed E-state index contributed by atoms with van der Waals surface area (Å²) in [6.07, 6.45) is 2.63. The maximum absolute atomic E-state index is 12.2. The average Bonchev–Trinajstić information content (AvgIpc) is 2.42. The molecule has 0 radical (unpaired) electrons. The van der Waals surface area contributed by atoms with E-state index in [4.69, 9.17) is 4.74 Å². The largest absolute Gasteiger partial charge is 0.504 e. The standard InChI is InChI=1S/C14H17N3O4/c1-4-21-14(20)10-7-15-12-11(18)9(8-16(2)3)5-6-17(12)13(10)19/h5-7,18H,4,8H2,1-3H3. The van der Waals surface area contributed by atoms with Crippen molar-refractivity contribution in [2.75, 3.05) is 20.7 Å². The predicted molar refractivity (Wildman–Crippen MR) is 76.5 cm³/mol. The van der Waals surface area contributed by atoms with E-state index < -0.39 is 11.5 Å². The highest BCUT2D eigenvalue weighted by molar-refractivity contribution is 5.89. The fraction of sp³-hybridized carbons (Fsp3) is 0.357. The Morgan fingerprint density at radius 1 is 1.48 bits per heavy atom. The highest BCUT2D eigenvalue weighted by Gasteiger charge is 2.17. The van der Waals surface area contributed by atoms with E-state index in [9.17, 15) is 14.7 Å². The van der Waals surface area contributed by atoms with Crippen LogP contribution in [0.2, 0.25) is 0 Å². The number of hydrogen-bond donors (Lipinski definition) is 1. The Balaban J connectivity index is 2.58. The van der Waals surface area contributed by atoms with Gasteiger partial charge in [0, 0.05) is 24.5 Å². The number of carbonyl (C=O) groups excluding carboxylic acids is 1. The normalized spacial score (nSPS) is 11.0. The van der Waals surface area contributed by atoms with Gasteiger partial charge in [-0.05, 0) is 27.1 Å². The molecule has 0 saturated carbocycles. The molecule has 2 aromatic rings. The molecule has 0 saturated heterocycles. The number of aromatic nitrogens is 2. The lowest BCUT2D eigenvalue weighted by atomic mass is 10.2. The lowest BCUT2D eigenvalue weighted by Gasteiger charge is -2.13. The predicted octanol–water partition coefficient (Wildman–Crippen LogP) is 0.638. The molecule has 0 atom stereocenters. The van der Waals surface area contributed by atoms with Gasteiger partial charge in [-0.3, -0.25) is 9.20 Å². The Morgan fingerprint density at radius 3 is 2.81 bits per heavy atom. The van der Waals surface area contributed by atoms with Gasteiger partial charge in [-0.1, -0.05) is 0 Å². The van der Waals surface area contributed by atoms with Gasteiger partial charge in [-0.15, -0.1) is 0 Å². The van der Waals surface area contributed by atoms with Crippen molar-refractivity contribution in [1.29, 1.82) is 0 Å². The summed E-state index contributed by atoms with van der Waals surface area (Å²) < 4.78 is 5.94. The fourth-order valence-corrected chi connectivity index (χ4v) is 1.99. The van der Waals surface area contributed by atoms with Crippen LogP contribution in [-0.4, -0.2) is 46.1 Å². The van der Waals surface area contributed by atoms with Crippen LogP contribution in [-0.2, 0) is 11.3 Å². The number of fused-ring (bicyclic) bond motifs is 1. The average molecular weight is 291 g/mol. The summed E-state index contributed by atoms with van der Waals surface area (Å²) in [4.78, 5) is 29.8. The minimum atomic E-state index is -0.721. The van der Waals surface area contributed by atoms with Crippen molar-refractivity contribution in [2.45, 2.75) is 13.5 Å². The first-order chi connectivity index (χ1) is 9.95. The number of rotatable bonds is 4. The van der Waals surface area contributed by atoms with Crippen LogP contribution < -0.4 is 5.56 Å². The second kappa shape index (κ2) is 5.92. The maximum atomic E-state index is 12.2. The van der Waals surface area contributed by atoms with Crippen LogP contribution in [0.1, 0.15) is 22.8 Å². The van der Waals surface area contributed by atoms with Crippen molar-refractivity contribution in [1.82, 2.24) is 14.3 Å². The van der Waals surface area contributed by atoms with Gasteiger partial charge in [0.25, 0.3) is 5.56 Å². The molecule has 7 heteroatoms. The fourth-order valence-electron chi connectivity index (χ4n) is 1.99. The molecule has 0 aliphatic rings. The molecule has 2 rings (SSSR count). The van der Waals surface area contributed by atoms with E-state index in [1.165, 1.54) is 6.20 Å². The number of aromatic hydroxyl groups is 1. The first kappa shape index (κ1) is 15.0. The molecule has 0 bridgehead atoms. The van der Waals surface area contributed by atoms with Crippen molar-refractivity contribution in [3.63, 3.8) is 0 Å². The van der Waals surface area contributed by atoms with Crippen LogP contribution in [0.25, 0.3) is 5.65 Å². The molecule has 0 aliphatic carbocycles. The minimum Gasteiger partial charge on any atom is -0.504 e. The molecule has 0 aromatic carbocycles. The Morgan fingerprint density at radius 2 is 2.19 bits per heavy atom. The van der Waals surface area contributed by atoms with Crippen molar-refractivity contribution < 1.29 is 14.6 Å². The molecule has 2 heterocycles. The monoisotopic (exact) mass is 291 g/mol. The van der Waals surface area contributed by atoms with E-state index in [0.717, 1.165) is 10.6 Å². The van der Waals surface area contributed by atoms with Crippen molar-refractivity contribution >= 4 is 11.6 Å². The summed E-state index contributed by atoms with van der Waals surface area (Å²) in [7, 11) is 3.74. The Kier molecular flexibility index (Phi) is 4.23. The van der Waals surface area contributed by atoms with E-state index in [2.05, 4.69) is 4.98 Å². The van der Waals surface area contributed by atoms with Crippen molar-refractivity contribution in [3.05, 3.63) is 39.9 Å². The number of nitrogens with zero attached hydrogens (tertiary/aromatic N) is 3. The topological polar surface area (TPSA) is 84.1 Å². The van der Waals surface area contributed by atoms with Gasteiger partial charge in [-0.2, -0.15) is 0 Å². The van der Waals surface area contributed by atoms with Gasteiger partial charge in [0.2, 0.25) is 0 Å². The zero-order valence-corrected chi connectivity index (χ0v) is 12.2. The van der Waals surface area contributed by atoms with E-state index in [0.29, 0.717) is 12.1 Å². The number of carbonyl (C=O) groups is 1. The Bertz CT molecular complexity index is 737. The number of pyridine rings is 1. The number of esters is 1. The first-order valence-corrected chi connectivity index (χ1v) is 6.49. The highest BCUT2D eigenvalue weighted by atomic mass is 16.5. The summed E-state index contributed by atoms with van der Waals surface area (Å²) in [5.74, 6) is -0.792.